The maximum absolute atomic E-state index is 12.0. The number of quaternary nitrogens is 6. The van der Waals surface area contributed by atoms with Crippen molar-refractivity contribution in [1.82, 2.24) is 0 Å². The van der Waals surface area contributed by atoms with Crippen LogP contribution in [0.5, 0.6) is 0 Å². The van der Waals surface area contributed by atoms with Crippen LogP contribution in [0.4, 0.5) is 30.6 Å². The molecule has 0 amide bonds. The van der Waals surface area contributed by atoms with Gasteiger partial charge in [-0.25, -0.2) is 0 Å². The molecule has 0 aromatic carbocycles. The van der Waals surface area contributed by atoms with Crippen molar-refractivity contribution in [2.45, 2.75) is 368 Å². The molecule has 0 aromatic rings. The zero-order chi connectivity index (χ0) is 75.4. The molecule has 96 heavy (non-hydrogen) atoms. The molecule has 0 radical (unpaired) electrons. The van der Waals surface area contributed by atoms with Crippen molar-refractivity contribution in [2.75, 3.05) is 160 Å². The van der Waals surface area contributed by atoms with E-state index in [0.29, 0.717) is 0 Å². The van der Waals surface area contributed by atoms with Crippen LogP contribution in [0.25, 0.3) is 0 Å². The normalized spacial score (nSPS) is 12.4. The van der Waals surface area contributed by atoms with Crippen LogP contribution in [-0.4, -0.2) is 206 Å². The van der Waals surface area contributed by atoms with Crippen molar-refractivity contribution in [3.05, 3.63) is 0 Å². The Bertz CT molecular complexity index is 1230. The van der Waals surface area contributed by atoms with Gasteiger partial charge in [-0.15, -0.1) is 0 Å². The van der Waals surface area contributed by atoms with Crippen LogP contribution in [0, 0.1) is 11.2 Å². The van der Waals surface area contributed by atoms with Gasteiger partial charge >= 0.3 is 60.5 Å². The summed E-state index contributed by atoms with van der Waals surface area (Å²) in [5, 5.41) is 7.48. The van der Waals surface area contributed by atoms with Crippen molar-refractivity contribution in [3.63, 3.8) is 0 Å². The van der Waals surface area contributed by atoms with Crippen molar-refractivity contribution in [2.24, 2.45) is 0 Å². The Morgan fingerprint density at radius 3 is 0.344 bits per heavy atom. The fourth-order valence-corrected chi connectivity index (χ4v) is 11.7. The van der Waals surface area contributed by atoms with Gasteiger partial charge in [0.25, 0.3) is 0 Å². The van der Waals surface area contributed by atoms with Gasteiger partial charge in [0.1, 0.15) is 0 Å². The predicted molar refractivity (Wildman–Crippen MR) is 425 cm³/mol. The molecule has 15 heteroatoms. The molecule has 0 atom stereocenters. The third-order valence-corrected chi connectivity index (χ3v) is 19.1. The van der Waals surface area contributed by atoms with Gasteiger partial charge in [0.2, 0.25) is 0 Å². The second-order valence-electron chi connectivity index (χ2n) is 29.9. The minimum atomic E-state index is -9.68. The van der Waals surface area contributed by atoms with E-state index in [2.05, 4.69) is 167 Å². The third kappa shape index (κ3) is 64.9. The Hall–Kier alpha value is -1.18. The quantitative estimate of drug-likeness (QED) is 0.0338. The van der Waals surface area contributed by atoms with Crippen LogP contribution in [0.15, 0.2) is 0 Å². The topological polar surface area (TPSA) is 23.8 Å². The molecule has 0 spiro atoms. The van der Waals surface area contributed by atoms with Crippen molar-refractivity contribution in [1.29, 1.82) is 5.26 Å². The molecule has 0 aromatic heterocycles. The fraction of sp³-hybridized carbons (Fsp3) is 0.988. The molecule has 0 saturated carbocycles. The van der Waals surface area contributed by atoms with Crippen LogP contribution in [0.1, 0.15) is 356 Å². The van der Waals surface area contributed by atoms with E-state index in [9.17, 15) is 30.6 Å². The van der Waals surface area contributed by atoms with Crippen molar-refractivity contribution < 1.29 is 57.5 Å². The monoisotopic (exact) mass is 1400 g/mol. The zero-order valence-electron chi connectivity index (χ0n) is 69.5. The van der Waals surface area contributed by atoms with Crippen LogP contribution >= 0.6 is 0 Å². The molecule has 0 heterocycles. The Morgan fingerprint density at radius 2 is 0.302 bits per heavy atom. The Morgan fingerprint density at radius 1 is 0.219 bits per heavy atom. The number of unbranched alkanes of at least 4 members (excludes halogenated alkanes) is 18. The second-order valence-corrected chi connectivity index (χ2v) is 29.9. The molecule has 0 aliphatic heterocycles. The molecule has 0 aliphatic carbocycles. The Labute approximate surface area is 600 Å². The summed E-state index contributed by atoms with van der Waals surface area (Å²) in [7, 11) is 14.7. The number of hydrogen-bond acceptors (Lipinski definition) is 1. The van der Waals surface area contributed by atoms with Gasteiger partial charge in [-0.3, -0.25) is 0 Å². The zero-order valence-corrected chi connectivity index (χ0v) is 69.5. The predicted octanol–water partition coefficient (Wildman–Crippen LogP) is 23.8. The van der Waals surface area contributed by atoms with Crippen LogP contribution < -0.4 is 0 Å². The van der Waals surface area contributed by atoms with Crippen LogP contribution in [0.3, 0.4) is 0 Å². The summed E-state index contributed by atoms with van der Waals surface area (Å²) in [6.07, 6.45) is 42.9. The van der Waals surface area contributed by atoms with Gasteiger partial charge in [0, 0.05) is 0 Å². The van der Waals surface area contributed by atoms with Gasteiger partial charge in [-0.05, 0) is 116 Å². The molecule has 0 unspecified atom stereocenters. The van der Waals surface area contributed by atoms with Gasteiger partial charge in [-0.2, -0.15) is 0 Å². The first-order chi connectivity index (χ1) is 45.2. The van der Waals surface area contributed by atoms with Gasteiger partial charge < -0.3 is 26.9 Å². The first kappa shape index (κ1) is 108. The Kier molecular flexibility index (Phi) is 78.4. The van der Waals surface area contributed by atoms with Gasteiger partial charge in [0.15, 0.2) is 0 Å². The van der Waals surface area contributed by atoms with Crippen LogP contribution in [0.2, 0.25) is 0 Å². The Balaban J connectivity index is -0.000000193. The van der Waals surface area contributed by atoms with E-state index in [1.165, 1.54) is 376 Å². The molecule has 0 aliphatic rings. The maximum atomic E-state index is 12.0. The summed E-state index contributed by atoms with van der Waals surface area (Å²) in [5.41, 5.74) is 0. The molecule has 0 N–H and O–H groups in total. The van der Waals surface area contributed by atoms with Gasteiger partial charge in [-0.1, -0.05) is 240 Å². The molecule has 596 valence electrons. The fourth-order valence-electron chi connectivity index (χ4n) is 11.7. The van der Waals surface area contributed by atoms with E-state index in [1.807, 2.05) is 0 Å². The summed E-state index contributed by atoms with van der Waals surface area (Å²) in [4.78, 5) is 0. The number of alkyl halides is 5. The molecular weight excluding hydrogens is 1210 g/mol. The average Bonchev–Trinajstić information content (AvgIpc) is 0.786. The first-order valence-electron chi connectivity index (χ1n) is 40.5. The van der Waals surface area contributed by atoms with Crippen LogP contribution in [-0.2, 0) is 0 Å². The second kappa shape index (κ2) is 69.5. The molecular formula is C81H185BF7N7. The molecule has 0 rings (SSSR count). The summed E-state index contributed by atoms with van der Waals surface area (Å²) in [6, 6.07) is 0. The van der Waals surface area contributed by atoms with E-state index in [4.69, 9.17) is 5.26 Å². The van der Waals surface area contributed by atoms with Crippen molar-refractivity contribution >= 4 is 6.70 Å². The number of rotatable bonds is 55. The molecule has 0 fully saturated rings. The summed E-state index contributed by atoms with van der Waals surface area (Å²) < 4.78 is 89.1. The van der Waals surface area contributed by atoms with Crippen molar-refractivity contribution in [3.8, 4) is 5.97 Å². The average molecular weight is 1400 g/mol. The molecule has 7 nitrogen and oxygen atoms in total. The first-order valence-corrected chi connectivity index (χ1v) is 40.5. The molecule has 0 bridgehead atoms. The third-order valence-electron chi connectivity index (χ3n) is 19.1. The van der Waals surface area contributed by atoms with E-state index in [0.717, 1.165) is 0 Å². The minimum absolute atomic E-state index is 0.0402. The summed E-state index contributed by atoms with van der Waals surface area (Å²) in [6.45, 7) is 56.6. The summed E-state index contributed by atoms with van der Waals surface area (Å²) in [5.74, 6) is -5.98. The van der Waals surface area contributed by atoms with E-state index < -0.39 is 18.7 Å². The number of hydrogen-bond donors (Lipinski definition) is 0. The number of nitriles is 1. The van der Waals surface area contributed by atoms with E-state index in [1.54, 1.807) is 0 Å². The number of halogens is 7. The SMILES string of the molecule is CCCC[N+](C)(CCCC)CCCC.CCCC[N+](C)(CCCC)CCCC.CCCC[N+](C)(CCCC)CCCC.CCCC[N+](C)(CCCC)CCCC.CCCC[N+](C)(CCCC)CCCC.CCCC[N+](C)(CCCC)CCCC.N#C[BH5-6](F)(F)C(F)(F)C(F)(F)F. The number of nitrogens with zero attached hydrogens (tertiary/aromatic N) is 7. The van der Waals surface area contributed by atoms with Gasteiger partial charge in [0.05, 0.1) is 160 Å². The molecule has 0 saturated heterocycles. The van der Waals surface area contributed by atoms with E-state index in [-0.39, 0.29) is 5.97 Å². The standard InChI is InChI=1S/6C13H30N.C3H5BF7N/c6*1-5-8-11-14(4,12-9-6-2)13-10-7-3;5-2(6,3(7,8)9)4(10,11)1-12/h6*5-13H2,1-4H3;4H5/q6*+1;-6. The van der Waals surface area contributed by atoms with E-state index >= 15 is 0 Å². The summed E-state index contributed by atoms with van der Waals surface area (Å²) >= 11 is 0.